The number of esters is 1. The summed E-state index contributed by atoms with van der Waals surface area (Å²) < 4.78 is 17.5. The molecule has 0 radical (unpaired) electrons. The maximum Gasteiger partial charge on any atom is 0.340 e. The zero-order valence-corrected chi connectivity index (χ0v) is 21.6. The van der Waals surface area contributed by atoms with Gasteiger partial charge in [-0.3, -0.25) is 10.1 Å². The van der Waals surface area contributed by atoms with E-state index in [4.69, 9.17) is 14.2 Å². The summed E-state index contributed by atoms with van der Waals surface area (Å²) in [5.74, 6) is -0.265. The van der Waals surface area contributed by atoms with Gasteiger partial charge in [0.15, 0.2) is 6.61 Å². The van der Waals surface area contributed by atoms with Crippen LogP contribution in [0.3, 0.4) is 0 Å². The first-order valence-corrected chi connectivity index (χ1v) is 12.6. The van der Waals surface area contributed by atoms with Crippen LogP contribution in [0.4, 0.5) is 0 Å². The maximum absolute atomic E-state index is 13.4. The van der Waals surface area contributed by atoms with Crippen molar-refractivity contribution in [3.8, 4) is 11.5 Å². The number of amides is 1. The van der Waals surface area contributed by atoms with Gasteiger partial charge in [-0.2, -0.15) is 0 Å². The number of hydrogen-bond acceptors (Lipinski definition) is 5. The number of rotatable bonds is 7. The fourth-order valence-electron chi connectivity index (χ4n) is 4.78. The largest absolute Gasteiger partial charge is 0.483 e. The molecule has 0 aliphatic carbocycles. The van der Waals surface area contributed by atoms with Crippen molar-refractivity contribution in [3.05, 3.63) is 119 Å². The zero-order chi connectivity index (χ0) is 26.6. The summed E-state index contributed by atoms with van der Waals surface area (Å²) in [6.45, 7) is 5.62. The second kappa shape index (κ2) is 10.8. The Bertz CT molecular complexity index is 1540. The molecule has 0 saturated heterocycles. The van der Waals surface area contributed by atoms with Crippen LogP contribution in [0.5, 0.6) is 11.5 Å². The van der Waals surface area contributed by atoms with Gasteiger partial charge in [0.05, 0.1) is 12.5 Å². The number of hydrogen-bond donors (Lipinski definition) is 1. The monoisotopic (exact) mass is 507 g/mol. The van der Waals surface area contributed by atoms with E-state index in [2.05, 4.69) is 5.32 Å². The van der Waals surface area contributed by atoms with Crippen molar-refractivity contribution in [1.29, 1.82) is 0 Å². The van der Waals surface area contributed by atoms with Crippen molar-refractivity contribution in [2.75, 3.05) is 13.2 Å². The molecule has 4 aromatic carbocycles. The normalized spacial score (nSPS) is 14.4. The summed E-state index contributed by atoms with van der Waals surface area (Å²) in [6, 6.07) is 27.2. The molecule has 192 valence electrons. The van der Waals surface area contributed by atoms with E-state index in [0.29, 0.717) is 11.5 Å². The minimum absolute atomic E-state index is 0.0506. The summed E-state index contributed by atoms with van der Waals surface area (Å²) >= 11 is 0. The van der Waals surface area contributed by atoms with Crippen molar-refractivity contribution < 1.29 is 23.8 Å². The van der Waals surface area contributed by atoms with Gasteiger partial charge in [-0.25, -0.2) is 4.79 Å². The van der Waals surface area contributed by atoms with Crippen LogP contribution in [0.25, 0.3) is 10.8 Å². The first-order valence-electron chi connectivity index (χ1n) is 12.6. The number of carbonyl (C=O) groups excluding carboxylic acids is 2. The molecule has 1 amide bonds. The molecule has 1 aliphatic rings. The molecule has 6 nitrogen and oxygen atoms in total. The topological polar surface area (TPSA) is 73.9 Å². The van der Waals surface area contributed by atoms with Gasteiger partial charge in [0.2, 0.25) is 5.88 Å². The van der Waals surface area contributed by atoms with Crippen molar-refractivity contribution in [1.82, 2.24) is 5.32 Å². The van der Waals surface area contributed by atoms with Gasteiger partial charge in [-0.15, -0.1) is 0 Å². The third kappa shape index (κ3) is 4.85. The summed E-state index contributed by atoms with van der Waals surface area (Å²) in [7, 11) is 0. The highest BCUT2D eigenvalue weighted by atomic mass is 16.5. The first kappa shape index (κ1) is 25.1. The van der Waals surface area contributed by atoms with Crippen LogP contribution in [0.15, 0.2) is 96.4 Å². The van der Waals surface area contributed by atoms with Crippen LogP contribution < -0.4 is 14.8 Å². The van der Waals surface area contributed by atoms with E-state index < -0.39 is 17.8 Å². The molecule has 0 aromatic heterocycles. The fourth-order valence-corrected chi connectivity index (χ4v) is 4.78. The van der Waals surface area contributed by atoms with E-state index in [1.165, 1.54) is 0 Å². The van der Waals surface area contributed by atoms with Gasteiger partial charge in [0.1, 0.15) is 17.1 Å². The number of benzene rings is 4. The lowest BCUT2D eigenvalue weighted by molar-refractivity contribution is -0.139. The van der Waals surface area contributed by atoms with E-state index in [-0.39, 0.29) is 24.7 Å². The maximum atomic E-state index is 13.4. The Balaban J connectivity index is 1.57. The number of aryl methyl sites for hydroxylation is 1. The van der Waals surface area contributed by atoms with Crippen LogP contribution >= 0.6 is 0 Å². The molecule has 38 heavy (non-hydrogen) atoms. The minimum Gasteiger partial charge on any atom is -0.483 e. The summed E-state index contributed by atoms with van der Waals surface area (Å²) in [5.41, 5.74) is 4.00. The Kier molecular flexibility index (Phi) is 7.13. The lowest BCUT2D eigenvalue weighted by atomic mass is 9.80. The molecule has 1 unspecified atom stereocenters. The zero-order valence-electron chi connectivity index (χ0n) is 21.6. The van der Waals surface area contributed by atoms with E-state index in [1.807, 2.05) is 98.8 Å². The highest BCUT2D eigenvalue weighted by Gasteiger charge is 2.38. The standard InChI is InChI=1S/C32H29NO5/c1-4-36-32(35)30-28(23-13-6-5-7-14-23)29-24-15-9-8-12-22(24)17-18-26(29)38-31(30)33-27(34)19-37-25-16-10-11-20(2)21(25)3/h5-18,28H,4,19H2,1-3H3,(H,33,34). The van der Waals surface area contributed by atoms with Crippen LogP contribution in [-0.4, -0.2) is 25.1 Å². The predicted molar refractivity (Wildman–Crippen MR) is 146 cm³/mol. The van der Waals surface area contributed by atoms with Gasteiger partial charge in [-0.05, 0) is 60.4 Å². The van der Waals surface area contributed by atoms with Gasteiger partial charge in [0, 0.05) is 5.56 Å². The van der Waals surface area contributed by atoms with Crippen molar-refractivity contribution in [3.63, 3.8) is 0 Å². The van der Waals surface area contributed by atoms with Crippen molar-refractivity contribution in [2.45, 2.75) is 26.7 Å². The van der Waals surface area contributed by atoms with E-state index in [0.717, 1.165) is 33.0 Å². The third-order valence-corrected chi connectivity index (χ3v) is 6.76. The number of carbonyl (C=O) groups is 2. The Morgan fingerprint density at radius 2 is 1.66 bits per heavy atom. The number of fused-ring (bicyclic) bond motifs is 3. The molecule has 1 N–H and O–H groups in total. The first-order chi connectivity index (χ1) is 18.5. The van der Waals surface area contributed by atoms with E-state index in [1.54, 1.807) is 6.92 Å². The molecule has 0 saturated carbocycles. The molecular formula is C32H29NO5. The molecule has 1 heterocycles. The SMILES string of the molecule is CCOC(=O)C1=C(NC(=O)COc2cccc(C)c2C)Oc2ccc3ccccc3c2C1c1ccccc1. The quantitative estimate of drug-likeness (QED) is 0.313. The summed E-state index contributed by atoms with van der Waals surface area (Å²) in [5, 5.41) is 4.78. The number of nitrogens with one attached hydrogen (secondary N) is 1. The molecular weight excluding hydrogens is 478 g/mol. The second-order valence-corrected chi connectivity index (χ2v) is 9.14. The van der Waals surface area contributed by atoms with Crippen LogP contribution in [-0.2, 0) is 14.3 Å². The Morgan fingerprint density at radius 1 is 0.895 bits per heavy atom. The molecule has 4 aromatic rings. The second-order valence-electron chi connectivity index (χ2n) is 9.14. The highest BCUT2D eigenvalue weighted by Crippen LogP contribution is 2.46. The average molecular weight is 508 g/mol. The predicted octanol–water partition coefficient (Wildman–Crippen LogP) is 5.95. The van der Waals surface area contributed by atoms with Crippen molar-refractivity contribution in [2.24, 2.45) is 0 Å². The van der Waals surface area contributed by atoms with Crippen LogP contribution in [0, 0.1) is 13.8 Å². The average Bonchev–Trinajstić information content (AvgIpc) is 2.93. The molecule has 6 heteroatoms. The van der Waals surface area contributed by atoms with Gasteiger partial charge < -0.3 is 14.2 Å². The van der Waals surface area contributed by atoms with Crippen LogP contribution in [0.2, 0.25) is 0 Å². The number of ether oxygens (including phenoxy) is 3. The Labute approximate surface area is 221 Å². The molecule has 0 bridgehead atoms. The van der Waals surface area contributed by atoms with E-state index in [9.17, 15) is 9.59 Å². The van der Waals surface area contributed by atoms with Crippen LogP contribution in [0.1, 0.15) is 35.1 Å². The molecule has 5 rings (SSSR count). The van der Waals surface area contributed by atoms with Gasteiger partial charge in [0.25, 0.3) is 5.91 Å². The van der Waals surface area contributed by atoms with Gasteiger partial charge in [-0.1, -0.05) is 72.8 Å². The van der Waals surface area contributed by atoms with E-state index >= 15 is 0 Å². The lowest BCUT2D eigenvalue weighted by Gasteiger charge is -2.31. The Hall–Kier alpha value is -4.58. The summed E-state index contributed by atoms with van der Waals surface area (Å²) in [4.78, 5) is 26.5. The molecule has 0 fully saturated rings. The fraction of sp³-hybridized carbons (Fsp3) is 0.188. The van der Waals surface area contributed by atoms with Gasteiger partial charge >= 0.3 is 5.97 Å². The minimum atomic E-state index is -0.550. The molecule has 1 aliphatic heterocycles. The Morgan fingerprint density at radius 3 is 2.45 bits per heavy atom. The smallest absolute Gasteiger partial charge is 0.340 e. The lowest BCUT2D eigenvalue weighted by Crippen LogP contribution is -2.36. The highest BCUT2D eigenvalue weighted by molar-refractivity contribution is 5.98. The molecule has 1 atom stereocenters. The molecule has 0 spiro atoms. The summed E-state index contributed by atoms with van der Waals surface area (Å²) in [6.07, 6.45) is 0. The third-order valence-electron chi connectivity index (χ3n) is 6.76. The van der Waals surface area contributed by atoms with Crippen molar-refractivity contribution >= 4 is 22.6 Å².